The third-order valence-corrected chi connectivity index (χ3v) is 15.5. The van der Waals surface area contributed by atoms with Crippen molar-refractivity contribution in [2.45, 2.75) is 120 Å². The molecule has 54 heavy (non-hydrogen) atoms. The highest BCUT2D eigenvalue weighted by atomic mass is 32.2. The molecule has 14 nitrogen and oxygen atoms in total. The van der Waals surface area contributed by atoms with E-state index in [2.05, 4.69) is 35.9 Å². The van der Waals surface area contributed by atoms with Crippen LogP contribution in [0.1, 0.15) is 91.9 Å². The van der Waals surface area contributed by atoms with Gasteiger partial charge in [0.25, 0.3) is 9.84 Å². The first kappa shape index (κ1) is 40.4. The molecular formula is C39H57N3O11S. The normalized spacial score (nSPS) is 33.1. The maximum Gasteiger partial charge on any atom is 0.415 e. The average Bonchev–Trinajstić information content (AvgIpc) is 3.70. The van der Waals surface area contributed by atoms with E-state index in [-0.39, 0.29) is 65.2 Å². The highest BCUT2D eigenvalue weighted by molar-refractivity contribution is 7.91. The Morgan fingerprint density at radius 2 is 1.70 bits per heavy atom. The number of aliphatic hydroxyl groups is 2. The van der Waals surface area contributed by atoms with Crippen LogP contribution in [0.25, 0.3) is 0 Å². The number of hydrogen-bond donors (Lipinski definition) is 3. The van der Waals surface area contributed by atoms with E-state index in [0.29, 0.717) is 48.3 Å². The van der Waals surface area contributed by atoms with Crippen molar-refractivity contribution in [3.8, 4) is 5.88 Å². The number of nitrogens with one attached hydrogen (secondary N) is 1. The fourth-order valence-electron chi connectivity index (χ4n) is 11.0. The van der Waals surface area contributed by atoms with Gasteiger partial charge in [-0.1, -0.05) is 39.0 Å². The van der Waals surface area contributed by atoms with Crippen molar-refractivity contribution in [1.82, 2.24) is 10.5 Å². The van der Waals surface area contributed by atoms with Gasteiger partial charge >= 0.3 is 16.9 Å². The minimum atomic E-state index is -4.24. The van der Waals surface area contributed by atoms with Crippen LogP contribution < -0.4 is 15.0 Å². The lowest BCUT2D eigenvalue weighted by Gasteiger charge is -2.62. The number of ether oxygens (including phenoxy) is 3. The van der Waals surface area contributed by atoms with Crippen LogP contribution in [0.4, 0.5) is 0 Å². The summed E-state index contributed by atoms with van der Waals surface area (Å²) >= 11 is 0. The Hall–Kier alpha value is -3.27. The van der Waals surface area contributed by atoms with E-state index < -0.39 is 32.8 Å². The van der Waals surface area contributed by atoms with Gasteiger partial charge in [0.05, 0.1) is 35.5 Å². The van der Waals surface area contributed by atoms with Crippen LogP contribution in [0.15, 0.2) is 44.9 Å². The molecule has 0 aliphatic heterocycles. The van der Waals surface area contributed by atoms with Crippen LogP contribution in [-0.2, 0) is 28.9 Å². The Morgan fingerprint density at radius 3 is 2.46 bits per heavy atom. The molecule has 0 saturated heterocycles. The smallest absolute Gasteiger partial charge is 0.415 e. The predicted molar refractivity (Wildman–Crippen MR) is 193 cm³/mol. The lowest BCUT2D eigenvalue weighted by atomic mass is 9.43. The molecule has 4 saturated carbocycles. The summed E-state index contributed by atoms with van der Waals surface area (Å²) in [5, 5.41) is 39.3. The Labute approximate surface area is 317 Å². The largest absolute Gasteiger partial charge is 0.462 e. The number of hydrogen-bond acceptors (Lipinski definition) is 12. The van der Waals surface area contributed by atoms with Crippen molar-refractivity contribution in [3.05, 3.63) is 35.5 Å². The van der Waals surface area contributed by atoms with Crippen molar-refractivity contribution in [1.29, 1.82) is 0 Å². The summed E-state index contributed by atoms with van der Waals surface area (Å²) in [6.07, 6.45) is 8.47. The van der Waals surface area contributed by atoms with E-state index in [9.17, 15) is 33.4 Å². The fourth-order valence-corrected chi connectivity index (χ4v) is 12.3. The maximum atomic E-state index is 12.9. The molecule has 11 atom stereocenters. The van der Waals surface area contributed by atoms with E-state index in [1.165, 1.54) is 24.3 Å². The first-order valence-electron chi connectivity index (χ1n) is 19.6. The Bertz CT molecular complexity index is 1720. The molecule has 6 rings (SSSR count). The average molecular weight is 776 g/mol. The van der Waals surface area contributed by atoms with Crippen LogP contribution in [0, 0.1) is 51.5 Å². The highest BCUT2D eigenvalue weighted by Gasteiger charge is 2.62. The zero-order chi connectivity index (χ0) is 38.8. The van der Waals surface area contributed by atoms with E-state index >= 15 is 0 Å². The van der Waals surface area contributed by atoms with Crippen molar-refractivity contribution in [2.75, 3.05) is 26.4 Å². The Morgan fingerprint density at radius 1 is 1.00 bits per heavy atom. The van der Waals surface area contributed by atoms with E-state index in [0.717, 1.165) is 51.4 Å². The van der Waals surface area contributed by atoms with Crippen molar-refractivity contribution < 1.29 is 52.0 Å². The second-order valence-electron chi connectivity index (χ2n) is 16.7. The third-order valence-electron chi connectivity index (χ3n) is 13.8. The number of carbonyl (C=O) groups excluding carboxylic acids is 2. The molecule has 4 aliphatic carbocycles. The topological polar surface area (TPSA) is 201 Å². The van der Waals surface area contributed by atoms with E-state index in [1.807, 2.05) is 0 Å². The van der Waals surface area contributed by atoms with Gasteiger partial charge in [0.1, 0.15) is 19.3 Å². The van der Waals surface area contributed by atoms with Gasteiger partial charge in [-0.15, -0.1) is 0 Å². The van der Waals surface area contributed by atoms with E-state index in [4.69, 9.17) is 14.2 Å². The van der Waals surface area contributed by atoms with Gasteiger partial charge in [-0.2, -0.15) is 0 Å². The van der Waals surface area contributed by atoms with E-state index in [1.54, 1.807) is 13.0 Å². The molecule has 0 radical (unpaired) electrons. The van der Waals surface area contributed by atoms with Crippen LogP contribution in [0.2, 0.25) is 0 Å². The molecule has 4 aliphatic rings. The predicted octanol–water partition coefficient (Wildman–Crippen LogP) is 3.99. The van der Waals surface area contributed by atoms with Crippen LogP contribution in [0.3, 0.4) is 0 Å². The van der Waals surface area contributed by atoms with Gasteiger partial charge < -0.3 is 34.9 Å². The first-order valence-corrected chi connectivity index (χ1v) is 21.1. The van der Waals surface area contributed by atoms with Gasteiger partial charge in [-0.25, -0.2) is 13.2 Å². The van der Waals surface area contributed by atoms with Gasteiger partial charge in [0.2, 0.25) is 5.91 Å². The van der Waals surface area contributed by atoms with Crippen molar-refractivity contribution in [3.63, 3.8) is 0 Å². The van der Waals surface area contributed by atoms with Crippen molar-refractivity contribution >= 4 is 21.7 Å². The summed E-state index contributed by atoms with van der Waals surface area (Å²) in [6.45, 7) is 8.45. The molecule has 1 aromatic carbocycles. The van der Waals surface area contributed by atoms with Gasteiger partial charge in [-0.05, 0) is 128 Å². The molecule has 1 aromatic heterocycles. The second-order valence-corrected chi connectivity index (χ2v) is 18.6. The number of amides is 1. The number of esters is 1. The zero-order valence-corrected chi connectivity index (χ0v) is 32.7. The highest BCUT2D eigenvalue weighted by Crippen LogP contribution is 2.68. The van der Waals surface area contributed by atoms with Crippen molar-refractivity contribution in [2.24, 2.45) is 46.3 Å². The number of fused-ring (bicyclic) bond motifs is 5. The molecule has 15 heteroatoms. The number of benzene rings is 1. The van der Waals surface area contributed by atoms with Gasteiger partial charge in [-0.3, -0.25) is 9.42 Å². The lowest BCUT2D eigenvalue weighted by molar-refractivity contribution is -0.832. The maximum absolute atomic E-state index is 12.9. The standard InChI is InChI=1S/C39H57N3O11S/c1-24(29-11-12-30-34-31(15-17-39(29,30)4)38(3)16-14-27(43)22-26(38)23-32(34)44)10-13-33(45)40-25(2)37(46)52-21-19-50-18-20-51-35-36(42(47)53-41-35)54(48,49)28-8-6-5-7-9-28/h5-9,24-27,29-32,34,43-44H,10-23H2,1-4H3,(H,40,45)/t24-,25+,26+,27-,29-,30+,31+,32+,34?,38+,39-/m1/s1. The fraction of sp³-hybridized carbons (Fsp3) is 0.744. The molecular weight excluding hydrogens is 719 g/mol. The van der Waals surface area contributed by atoms with Crippen LogP contribution in [-0.4, -0.2) is 80.3 Å². The molecule has 0 spiro atoms. The number of rotatable bonds is 15. The summed E-state index contributed by atoms with van der Waals surface area (Å²) in [6, 6.07) is 6.51. The number of nitrogens with zero attached hydrogens (tertiary/aromatic N) is 2. The molecule has 300 valence electrons. The molecule has 1 heterocycles. The van der Waals surface area contributed by atoms with Gasteiger partial charge in [0.15, 0.2) is 0 Å². The summed E-state index contributed by atoms with van der Waals surface area (Å²) in [5.41, 5.74) is 0.319. The summed E-state index contributed by atoms with van der Waals surface area (Å²) < 4.78 is 46.1. The molecule has 0 bridgehead atoms. The minimum Gasteiger partial charge on any atom is -0.462 e. The zero-order valence-electron chi connectivity index (χ0n) is 31.9. The Kier molecular flexibility index (Phi) is 12.3. The van der Waals surface area contributed by atoms with Crippen LogP contribution >= 0.6 is 0 Å². The first-order chi connectivity index (χ1) is 25.7. The molecule has 2 aromatic rings. The molecule has 4 fully saturated rings. The number of sulfone groups is 1. The minimum absolute atomic E-state index is 0.0194. The quantitative estimate of drug-likeness (QED) is 0.134. The number of aliphatic hydroxyl groups excluding tert-OH is 2. The lowest BCUT2D eigenvalue weighted by Crippen LogP contribution is -2.58. The molecule has 1 unspecified atom stereocenters. The SMILES string of the molecule is C[C@H](NC(=O)CC[C@@H](C)[C@H]1CC[C@H]2C3[C@@H](O)C[C@@H]4C[C@H](O)CC[C@]4(C)[C@H]3CC[C@]12C)C(=O)OCCOCCOc1no[n+]([O-])c1S(=O)(=O)c1ccccc1. The number of carbonyl (C=O) groups is 2. The molecule has 1 amide bonds. The third kappa shape index (κ3) is 8.01. The van der Waals surface area contributed by atoms with Crippen LogP contribution in [0.5, 0.6) is 5.88 Å². The monoisotopic (exact) mass is 775 g/mol. The summed E-state index contributed by atoms with van der Waals surface area (Å²) in [5.74, 6) is 1.17. The molecule has 3 N–H and O–H groups in total. The summed E-state index contributed by atoms with van der Waals surface area (Å²) in [7, 11) is -4.24. The second kappa shape index (κ2) is 16.4. The summed E-state index contributed by atoms with van der Waals surface area (Å²) in [4.78, 5) is 25.1. The Balaban J connectivity index is 0.887. The number of aromatic nitrogens is 2. The van der Waals surface area contributed by atoms with Gasteiger partial charge in [0, 0.05) is 6.42 Å².